The Kier molecular flexibility index (Phi) is 2.55. The lowest BCUT2D eigenvalue weighted by molar-refractivity contribution is 0.416. The Balaban J connectivity index is 2.56. The fourth-order valence-corrected chi connectivity index (χ4v) is 2.22. The molecule has 0 atom stereocenters. The van der Waals surface area contributed by atoms with Crippen molar-refractivity contribution in [1.82, 2.24) is 0 Å². The van der Waals surface area contributed by atoms with Crippen molar-refractivity contribution >= 4 is 11.3 Å². The predicted octanol–water partition coefficient (Wildman–Crippen LogP) is 3.53. The molecule has 0 aliphatic heterocycles. The highest BCUT2D eigenvalue weighted by atomic mass is 32.1. The minimum absolute atomic E-state index is 0.919. The van der Waals surface area contributed by atoms with Gasteiger partial charge in [-0.05, 0) is 29.5 Å². The van der Waals surface area contributed by atoms with Gasteiger partial charge in [0.15, 0.2) is 0 Å². The summed E-state index contributed by atoms with van der Waals surface area (Å²) < 4.78 is 5.31. The summed E-state index contributed by atoms with van der Waals surface area (Å²) in [6, 6.07) is 8.05. The highest BCUT2D eigenvalue weighted by Gasteiger charge is 2.07. The molecule has 0 spiro atoms. The zero-order valence-corrected chi connectivity index (χ0v) is 9.02. The van der Waals surface area contributed by atoms with Crippen LogP contribution in [0.3, 0.4) is 0 Å². The summed E-state index contributed by atoms with van der Waals surface area (Å²) in [4.78, 5) is 0. The van der Waals surface area contributed by atoms with E-state index in [-0.39, 0.29) is 0 Å². The normalized spacial score (nSPS) is 10.1. The fourth-order valence-electron chi connectivity index (χ4n) is 1.45. The molecular weight excluding hydrogens is 192 g/mol. The van der Waals surface area contributed by atoms with Gasteiger partial charge < -0.3 is 4.74 Å². The van der Waals surface area contributed by atoms with E-state index in [1.807, 2.05) is 18.2 Å². The molecule has 0 fully saturated rings. The van der Waals surface area contributed by atoms with Gasteiger partial charge in [0.25, 0.3) is 0 Å². The van der Waals surface area contributed by atoms with E-state index < -0.39 is 0 Å². The average Bonchev–Trinajstić information content (AvgIpc) is 2.64. The molecule has 1 aromatic carbocycles. The van der Waals surface area contributed by atoms with Gasteiger partial charge in [-0.2, -0.15) is 0 Å². The lowest BCUT2D eigenvalue weighted by Crippen LogP contribution is -1.86. The van der Waals surface area contributed by atoms with Gasteiger partial charge in [-0.3, -0.25) is 0 Å². The van der Waals surface area contributed by atoms with E-state index in [9.17, 15) is 0 Å². The smallest absolute Gasteiger partial charge is 0.126 e. The third kappa shape index (κ3) is 1.53. The second kappa shape index (κ2) is 3.84. The average molecular weight is 203 g/mol. The lowest BCUT2D eigenvalue weighted by Gasteiger charge is -2.07. The molecule has 0 aliphatic rings. The van der Waals surface area contributed by atoms with Crippen LogP contribution < -0.4 is 4.74 Å². The Morgan fingerprint density at radius 2 is 2.00 bits per heavy atom. The summed E-state index contributed by atoms with van der Waals surface area (Å²) in [7, 11) is 1.70. The third-order valence-electron chi connectivity index (χ3n) is 2.19. The van der Waals surface area contributed by atoms with Gasteiger partial charge >= 0.3 is 0 Å². The predicted molar refractivity (Wildman–Crippen MR) is 59.9 cm³/mol. The molecule has 1 radical (unpaired) electrons. The van der Waals surface area contributed by atoms with E-state index in [1.54, 1.807) is 18.4 Å². The number of para-hydroxylation sites is 1. The molecule has 0 bridgehead atoms. The molecular formula is C12H11OS. The molecule has 71 valence electrons. The molecule has 14 heavy (non-hydrogen) atoms. The van der Waals surface area contributed by atoms with Crippen molar-refractivity contribution in [3.63, 3.8) is 0 Å². The van der Waals surface area contributed by atoms with Gasteiger partial charge in [0.2, 0.25) is 0 Å². The maximum Gasteiger partial charge on any atom is 0.126 e. The number of rotatable bonds is 2. The summed E-state index contributed by atoms with van der Waals surface area (Å²) in [5.41, 5.74) is 3.54. The largest absolute Gasteiger partial charge is 0.496 e. The molecule has 2 rings (SSSR count). The molecule has 1 aromatic heterocycles. The van der Waals surface area contributed by atoms with Crippen LogP contribution in [-0.4, -0.2) is 7.11 Å². The second-order valence-electron chi connectivity index (χ2n) is 3.08. The van der Waals surface area contributed by atoms with E-state index >= 15 is 0 Å². The summed E-state index contributed by atoms with van der Waals surface area (Å²) in [6.45, 7) is 2.07. The fraction of sp³-hybridized carbons (Fsp3) is 0.167. The Morgan fingerprint density at radius 1 is 1.21 bits per heavy atom. The first-order chi connectivity index (χ1) is 6.83. The van der Waals surface area contributed by atoms with Crippen LogP contribution in [-0.2, 0) is 0 Å². The minimum atomic E-state index is 0.919. The number of aryl methyl sites for hydroxylation is 1. The number of benzene rings is 1. The van der Waals surface area contributed by atoms with E-state index in [4.69, 9.17) is 4.74 Å². The van der Waals surface area contributed by atoms with Crippen molar-refractivity contribution in [3.05, 3.63) is 40.6 Å². The molecule has 0 saturated heterocycles. The molecule has 0 N–H and O–H groups in total. The Bertz CT molecular complexity index is 431. The number of hydrogen-bond donors (Lipinski definition) is 0. The van der Waals surface area contributed by atoms with E-state index in [2.05, 4.69) is 23.8 Å². The maximum absolute atomic E-state index is 5.31. The van der Waals surface area contributed by atoms with Crippen LogP contribution in [0.2, 0.25) is 0 Å². The topological polar surface area (TPSA) is 9.23 Å². The zero-order chi connectivity index (χ0) is 9.97. The number of methoxy groups -OCH3 is 1. The summed E-state index contributed by atoms with van der Waals surface area (Å²) in [6.07, 6.45) is 0. The third-order valence-corrected chi connectivity index (χ3v) is 2.97. The standard InChI is InChI=1S/C12H11OS/c1-9-7-14-8-11(9)10-5-3-4-6-12(10)13-2/h3-6,8H,1-2H3. The highest BCUT2D eigenvalue weighted by Crippen LogP contribution is 2.33. The molecule has 1 heterocycles. The summed E-state index contributed by atoms with van der Waals surface area (Å²) >= 11 is 1.60. The molecule has 2 heteroatoms. The van der Waals surface area contributed by atoms with Crippen LogP contribution in [0, 0.1) is 12.3 Å². The molecule has 0 amide bonds. The van der Waals surface area contributed by atoms with Gasteiger partial charge in [-0.15, -0.1) is 11.3 Å². The zero-order valence-electron chi connectivity index (χ0n) is 8.20. The summed E-state index contributed by atoms with van der Waals surface area (Å²) in [5, 5.41) is 5.31. The Morgan fingerprint density at radius 3 is 2.64 bits per heavy atom. The van der Waals surface area contributed by atoms with E-state index in [1.165, 1.54) is 11.1 Å². The number of hydrogen-bond acceptors (Lipinski definition) is 2. The van der Waals surface area contributed by atoms with Gasteiger partial charge in [0.05, 0.1) is 7.11 Å². The van der Waals surface area contributed by atoms with Crippen molar-refractivity contribution in [1.29, 1.82) is 0 Å². The first kappa shape index (κ1) is 9.28. The number of ether oxygens (including phenoxy) is 1. The molecule has 0 saturated carbocycles. The van der Waals surface area contributed by atoms with Crippen LogP contribution >= 0.6 is 11.3 Å². The lowest BCUT2D eigenvalue weighted by atomic mass is 10.0. The van der Waals surface area contributed by atoms with Crippen molar-refractivity contribution in [3.8, 4) is 16.9 Å². The molecule has 1 nitrogen and oxygen atoms in total. The molecule has 0 aliphatic carbocycles. The van der Waals surface area contributed by atoms with Gasteiger partial charge in [0, 0.05) is 10.9 Å². The van der Waals surface area contributed by atoms with Crippen LogP contribution in [0.1, 0.15) is 5.56 Å². The second-order valence-corrected chi connectivity index (χ2v) is 3.75. The van der Waals surface area contributed by atoms with Gasteiger partial charge in [0.1, 0.15) is 5.75 Å². The highest BCUT2D eigenvalue weighted by molar-refractivity contribution is 7.07. The molecule has 0 unspecified atom stereocenters. The van der Waals surface area contributed by atoms with Crippen molar-refractivity contribution in [2.75, 3.05) is 7.11 Å². The monoisotopic (exact) mass is 203 g/mol. The first-order valence-corrected chi connectivity index (χ1v) is 5.30. The number of thiophene rings is 1. The SMILES string of the molecule is COc1ccccc1-c1cs[c]c1C. The Labute approximate surface area is 88.0 Å². The van der Waals surface area contributed by atoms with Gasteiger partial charge in [-0.1, -0.05) is 18.2 Å². The van der Waals surface area contributed by atoms with Gasteiger partial charge in [-0.25, -0.2) is 0 Å². The summed E-state index contributed by atoms with van der Waals surface area (Å²) in [5.74, 6) is 0.919. The minimum Gasteiger partial charge on any atom is -0.496 e. The van der Waals surface area contributed by atoms with E-state index in [0.29, 0.717) is 0 Å². The van der Waals surface area contributed by atoms with Crippen LogP contribution in [0.15, 0.2) is 29.6 Å². The van der Waals surface area contributed by atoms with Crippen molar-refractivity contribution in [2.45, 2.75) is 6.92 Å². The van der Waals surface area contributed by atoms with Crippen LogP contribution in [0.4, 0.5) is 0 Å². The first-order valence-electron chi connectivity index (χ1n) is 4.42. The Hall–Kier alpha value is -1.28. The van der Waals surface area contributed by atoms with Crippen LogP contribution in [0.25, 0.3) is 11.1 Å². The molecule has 2 aromatic rings. The van der Waals surface area contributed by atoms with Crippen molar-refractivity contribution in [2.24, 2.45) is 0 Å². The van der Waals surface area contributed by atoms with E-state index in [0.717, 1.165) is 11.3 Å². The maximum atomic E-state index is 5.31. The quantitative estimate of drug-likeness (QED) is 0.725. The van der Waals surface area contributed by atoms with Crippen LogP contribution in [0.5, 0.6) is 5.75 Å². The van der Waals surface area contributed by atoms with Crippen molar-refractivity contribution < 1.29 is 4.74 Å².